The molecule has 0 saturated heterocycles. The van der Waals surface area contributed by atoms with E-state index < -0.39 is 0 Å². The number of fused-ring (bicyclic) bond motifs is 5. The number of hydrogen-bond acceptors (Lipinski definition) is 15. The Bertz CT molecular complexity index is 1280. The van der Waals surface area contributed by atoms with Crippen molar-refractivity contribution in [3.05, 3.63) is 11.6 Å². The summed E-state index contributed by atoms with van der Waals surface area (Å²) < 4.78 is 78.1. The van der Waals surface area contributed by atoms with Crippen molar-refractivity contribution in [2.75, 3.05) is 185 Å². The molecule has 0 aliphatic heterocycles. The zero-order valence-corrected chi connectivity index (χ0v) is 44.9. The molecule has 3 fully saturated rings. The van der Waals surface area contributed by atoms with Gasteiger partial charge in [-0.15, -0.1) is 0 Å². The van der Waals surface area contributed by atoms with E-state index in [-0.39, 0.29) is 6.61 Å². The van der Waals surface area contributed by atoms with Gasteiger partial charge in [-0.25, -0.2) is 0 Å². The number of ether oxygens (including phenoxy) is 14. The van der Waals surface area contributed by atoms with E-state index in [0.29, 0.717) is 195 Å². The van der Waals surface area contributed by atoms with E-state index in [1.807, 2.05) is 0 Å². The summed E-state index contributed by atoms with van der Waals surface area (Å²) in [7, 11) is 0. The minimum absolute atomic E-state index is 0.0243. The molecule has 412 valence electrons. The largest absolute Gasteiger partial charge is 0.394 e. The van der Waals surface area contributed by atoms with Gasteiger partial charge in [-0.3, -0.25) is 0 Å². The third kappa shape index (κ3) is 24.2. The summed E-state index contributed by atoms with van der Waals surface area (Å²) in [5.41, 5.74) is 2.62. The Hall–Kier alpha value is -0.860. The van der Waals surface area contributed by atoms with Gasteiger partial charge in [-0.1, -0.05) is 65.5 Å². The van der Waals surface area contributed by atoms with E-state index in [1.54, 1.807) is 5.57 Å². The zero-order chi connectivity index (χ0) is 49.8. The Morgan fingerprint density at radius 3 is 1.27 bits per heavy atom. The molecule has 70 heavy (non-hydrogen) atoms. The molecule has 8 atom stereocenters. The second-order valence-corrected chi connectivity index (χ2v) is 20.7. The van der Waals surface area contributed by atoms with Gasteiger partial charge in [0, 0.05) is 0 Å². The van der Waals surface area contributed by atoms with Crippen molar-refractivity contribution in [3.63, 3.8) is 0 Å². The Morgan fingerprint density at radius 2 is 0.871 bits per heavy atom. The molecule has 4 aliphatic carbocycles. The summed E-state index contributed by atoms with van der Waals surface area (Å²) in [5.74, 6) is 5.27. The molecule has 4 aliphatic rings. The van der Waals surface area contributed by atoms with E-state index >= 15 is 0 Å². The first-order chi connectivity index (χ1) is 34.3. The van der Waals surface area contributed by atoms with Gasteiger partial charge in [0.05, 0.1) is 191 Å². The molecule has 15 heteroatoms. The predicted octanol–water partition coefficient (Wildman–Crippen LogP) is 7.62. The van der Waals surface area contributed by atoms with Crippen LogP contribution in [0.3, 0.4) is 0 Å². The molecule has 0 bridgehead atoms. The highest BCUT2D eigenvalue weighted by Gasteiger charge is 2.59. The van der Waals surface area contributed by atoms with Gasteiger partial charge < -0.3 is 71.4 Å². The summed E-state index contributed by atoms with van der Waals surface area (Å²) in [6.07, 6.45) is 17.9. The van der Waals surface area contributed by atoms with Gasteiger partial charge >= 0.3 is 0 Å². The topological polar surface area (TPSA) is 149 Å². The Morgan fingerprint density at radius 1 is 0.471 bits per heavy atom. The van der Waals surface area contributed by atoms with Gasteiger partial charge in [0.1, 0.15) is 0 Å². The maximum absolute atomic E-state index is 8.62. The quantitative estimate of drug-likeness (QED) is 0.0470. The van der Waals surface area contributed by atoms with Crippen molar-refractivity contribution in [1.82, 2.24) is 0 Å². The molecule has 0 heterocycles. The smallest absolute Gasteiger partial charge is 0.0704 e. The fraction of sp³-hybridized carbons (Fsp3) is 0.964. The van der Waals surface area contributed by atoms with Crippen molar-refractivity contribution in [1.29, 1.82) is 0 Å². The third-order valence-electron chi connectivity index (χ3n) is 15.5. The van der Waals surface area contributed by atoms with Crippen LogP contribution in [0.4, 0.5) is 0 Å². The van der Waals surface area contributed by atoms with Crippen LogP contribution in [0.25, 0.3) is 0 Å². The highest BCUT2D eigenvalue weighted by Crippen LogP contribution is 2.67. The van der Waals surface area contributed by atoms with Crippen LogP contribution >= 0.6 is 0 Å². The van der Waals surface area contributed by atoms with Crippen molar-refractivity contribution in [2.24, 2.45) is 46.3 Å². The number of rotatable bonds is 47. The van der Waals surface area contributed by atoms with Crippen LogP contribution in [0.15, 0.2) is 11.6 Å². The van der Waals surface area contributed by atoms with Crippen molar-refractivity contribution < 1.29 is 71.4 Å². The predicted molar refractivity (Wildman–Crippen MR) is 271 cm³/mol. The van der Waals surface area contributed by atoms with Crippen molar-refractivity contribution >= 4 is 0 Å². The average molecular weight is 1000 g/mol. The van der Waals surface area contributed by atoms with Gasteiger partial charge in [0.25, 0.3) is 0 Å². The maximum Gasteiger partial charge on any atom is 0.0704 e. The van der Waals surface area contributed by atoms with E-state index in [9.17, 15) is 0 Å². The van der Waals surface area contributed by atoms with E-state index in [2.05, 4.69) is 40.7 Å². The van der Waals surface area contributed by atoms with Gasteiger partial charge in [0.2, 0.25) is 0 Å². The van der Waals surface area contributed by atoms with Crippen LogP contribution in [0.1, 0.15) is 105 Å². The molecule has 0 spiro atoms. The van der Waals surface area contributed by atoms with Crippen molar-refractivity contribution in [3.8, 4) is 0 Å². The second-order valence-electron chi connectivity index (χ2n) is 20.7. The Balaban J connectivity index is 0.822. The number of aliphatic hydroxyl groups excluding tert-OH is 1. The first kappa shape index (κ1) is 61.7. The third-order valence-corrected chi connectivity index (χ3v) is 15.5. The summed E-state index contributed by atoms with van der Waals surface area (Å²) in [6, 6.07) is 0. The fourth-order valence-electron chi connectivity index (χ4n) is 11.9. The highest BCUT2D eigenvalue weighted by molar-refractivity contribution is 5.25. The van der Waals surface area contributed by atoms with E-state index in [0.717, 1.165) is 41.9 Å². The summed E-state index contributed by atoms with van der Waals surface area (Å²) >= 11 is 0. The lowest BCUT2D eigenvalue weighted by atomic mass is 9.47. The lowest BCUT2D eigenvalue weighted by Crippen LogP contribution is -2.51. The number of aliphatic hydroxyl groups is 1. The number of allylic oxidation sites excluding steroid dienone is 1. The first-order valence-electron chi connectivity index (χ1n) is 27.7. The monoisotopic (exact) mass is 1000 g/mol. The van der Waals surface area contributed by atoms with Crippen LogP contribution in [0.2, 0.25) is 0 Å². The molecule has 0 aromatic carbocycles. The summed E-state index contributed by atoms with van der Waals surface area (Å²) in [6.45, 7) is 26.5. The molecule has 0 radical (unpaired) electrons. The zero-order valence-electron chi connectivity index (χ0n) is 44.9. The lowest BCUT2D eigenvalue weighted by Gasteiger charge is -2.58. The van der Waals surface area contributed by atoms with Gasteiger partial charge in [-0.05, 0) is 97.7 Å². The highest BCUT2D eigenvalue weighted by atomic mass is 16.6. The molecule has 0 amide bonds. The minimum Gasteiger partial charge on any atom is -0.394 e. The fourth-order valence-corrected chi connectivity index (χ4v) is 11.9. The molecule has 4 rings (SSSR count). The van der Waals surface area contributed by atoms with Crippen molar-refractivity contribution in [2.45, 2.75) is 111 Å². The molecule has 0 aromatic rings. The average Bonchev–Trinajstić information content (AvgIpc) is 3.71. The summed E-state index contributed by atoms with van der Waals surface area (Å²) in [5, 5.41) is 8.62. The van der Waals surface area contributed by atoms with Crippen LogP contribution in [0, 0.1) is 46.3 Å². The molecular weight excluding hydrogens is 901 g/mol. The maximum atomic E-state index is 8.62. The molecule has 1 N–H and O–H groups in total. The Kier molecular flexibility index (Phi) is 34.1. The second kappa shape index (κ2) is 38.7. The van der Waals surface area contributed by atoms with Crippen LogP contribution in [-0.4, -0.2) is 196 Å². The molecular formula is C55H102O15. The van der Waals surface area contributed by atoms with Gasteiger partial charge in [-0.2, -0.15) is 0 Å². The first-order valence-corrected chi connectivity index (χ1v) is 27.7. The molecule has 15 nitrogen and oxygen atoms in total. The summed E-state index contributed by atoms with van der Waals surface area (Å²) in [4.78, 5) is 0. The number of hydrogen-bond donors (Lipinski definition) is 1. The van der Waals surface area contributed by atoms with E-state index in [1.165, 1.54) is 64.2 Å². The standard InChI is InChI=1S/C55H102O15/c1-46(2)7-6-8-47(3)51-11-12-52-50-10-9-48-45-49(13-15-54(48,4)53(50)14-16-55(51,52)5)70-44-43-69-42-41-68-40-39-67-38-37-66-36-35-65-34-33-64-32-31-63-30-29-62-28-27-61-26-25-60-24-23-59-22-21-58-20-19-57-18-17-56/h9,46-47,49-53,56H,6-8,10-45H2,1-5H3/t47-,49+,50+,51-,52+,53+,54+,55-/m1/s1. The SMILES string of the molecule is CC(C)CCC[C@@H](C)[C@H]1CC[C@H]2[C@@H]3CC=C4C[C@@H](OCCOCCOCCOCCOCCOCCOCCOCCOCCOCCOCCOCCOCCOCCO)CC[C@]4(C)[C@H]3CC[C@]12C. The molecule has 0 unspecified atom stereocenters. The van der Waals surface area contributed by atoms with E-state index in [4.69, 9.17) is 71.4 Å². The molecule has 3 saturated carbocycles. The van der Waals surface area contributed by atoms with Crippen LogP contribution in [0.5, 0.6) is 0 Å². The van der Waals surface area contributed by atoms with Gasteiger partial charge in [0.15, 0.2) is 0 Å². The molecule has 0 aromatic heterocycles. The normalized spacial score (nSPS) is 25.8. The van der Waals surface area contributed by atoms with Crippen LogP contribution < -0.4 is 0 Å². The minimum atomic E-state index is 0.0243. The lowest BCUT2D eigenvalue weighted by molar-refractivity contribution is -0.0692. The Labute approximate surface area is 424 Å². The van der Waals surface area contributed by atoms with Crippen LogP contribution in [-0.2, 0) is 66.3 Å².